The zero-order valence-electron chi connectivity index (χ0n) is 10.4. The van der Waals surface area contributed by atoms with Crippen molar-refractivity contribution in [2.45, 2.75) is 64.2 Å². The Morgan fingerprint density at radius 3 is 2.13 bits per heavy atom. The molecule has 0 aliphatic heterocycles. The van der Waals surface area contributed by atoms with Crippen LogP contribution in [0.3, 0.4) is 0 Å². The molecule has 3 nitrogen and oxygen atoms in total. The SMILES string of the molecule is CCCC(N)CCCS(=O)(=O)C(C)(C)C. The molecule has 4 heteroatoms. The van der Waals surface area contributed by atoms with Gasteiger partial charge < -0.3 is 5.73 Å². The predicted octanol–water partition coefficient (Wildman–Crippen LogP) is 2.11. The van der Waals surface area contributed by atoms with Crippen molar-refractivity contribution >= 4 is 9.84 Å². The molecule has 0 aromatic heterocycles. The first-order valence-electron chi connectivity index (χ1n) is 5.68. The van der Waals surface area contributed by atoms with Gasteiger partial charge in [0.25, 0.3) is 0 Å². The van der Waals surface area contributed by atoms with Gasteiger partial charge in [-0.15, -0.1) is 0 Å². The Hall–Kier alpha value is -0.0900. The molecule has 0 fully saturated rings. The second-order valence-corrected chi connectivity index (χ2v) is 7.98. The van der Waals surface area contributed by atoms with E-state index in [1.807, 2.05) is 0 Å². The fourth-order valence-corrected chi connectivity index (χ4v) is 2.52. The summed E-state index contributed by atoms with van der Waals surface area (Å²) in [4.78, 5) is 0. The molecule has 0 saturated carbocycles. The van der Waals surface area contributed by atoms with Gasteiger partial charge in [0.15, 0.2) is 9.84 Å². The molecular weight excluding hydrogens is 210 g/mol. The molecule has 0 spiro atoms. The second kappa shape index (κ2) is 5.85. The maximum atomic E-state index is 11.8. The predicted molar refractivity (Wildman–Crippen MR) is 65.7 cm³/mol. The van der Waals surface area contributed by atoms with Gasteiger partial charge in [-0.2, -0.15) is 0 Å². The molecule has 1 unspecified atom stereocenters. The quantitative estimate of drug-likeness (QED) is 0.767. The van der Waals surface area contributed by atoms with E-state index >= 15 is 0 Å². The van der Waals surface area contributed by atoms with Crippen LogP contribution in [0, 0.1) is 0 Å². The van der Waals surface area contributed by atoms with Crippen LogP contribution in [-0.2, 0) is 9.84 Å². The summed E-state index contributed by atoms with van der Waals surface area (Å²) in [6, 6.07) is 0.158. The van der Waals surface area contributed by atoms with E-state index in [1.165, 1.54) is 0 Å². The van der Waals surface area contributed by atoms with Gasteiger partial charge >= 0.3 is 0 Å². The van der Waals surface area contributed by atoms with E-state index in [-0.39, 0.29) is 11.8 Å². The highest BCUT2D eigenvalue weighted by atomic mass is 32.2. The molecule has 0 amide bonds. The fourth-order valence-electron chi connectivity index (χ4n) is 1.36. The van der Waals surface area contributed by atoms with Gasteiger partial charge in [-0.25, -0.2) is 8.42 Å². The summed E-state index contributed by atoms with van der Waals surface area (Å²) in [5.41, 5.74) is 5.83. The van der Waals surface area contributed by atoms with Crippen molar-refractivity contribution < 1.29 is 8.42 Å². The molecule has 15 heavy (non-hydrogen) atoms. The fraction of sp³-hybridized carbons (Fsp3) is 1.00. The van der Waals surface area contributed by atoms with Crippen LogP contribution in [0.1, 0.15) is 53.4 Å². The first-order valence-corrected chi connectivity index (χ1v) is 7.34. The van der Waals surface area contributed by atoms with Gasteiger partial charge in [-0.3, -0.25) is 0 Å². The van der Waals surface area contributed by atoms with Gasteiger partial charge in [0.05, 0.1) is 10.5 Å². The van der Waals surface area contributed by atoms with E-state index in [4.69, 9.17) is 5.73 Å². The third kappa shape index (κ3) is 5.52. The van der Waals surface area contributed by atoms with Crippen LogP contribution in [0.5, 0.6) is 0 Å². The van der Waals surface area contributed by atoms with Crippen LogP contribution in [0.4, 0.5) is 0 Å². The smallest absolute Gasteiger partial charge is 0.155 e. The number of sulfone groups is 1. The maximum absolute atomic E-state index is 11.8. The Morgan fingerprint density at radius 1 is 1.20 bits per heavy atom. The van der Waals surface area contributed by atoms with Crippen LogP contribution in [0.15, 0.2) is 0 Å². The Kier molecular flexibility index (Phi) is 5.81. The molecule has 0 heterocycles. The van der Waals surface area contributed by atoms with E-state index in [2.05, 4.69) is 6.92 Å². The minimum absolute atomic E-state index is 0.158. The first kappa shape index (κ1) is 14.9. The van der Waals surface area contributed by atoms with E-state index in [1.54, 1.807) is 20.8 Å². The monoisotopic (exact) mass is 235 g/mol. The highest BCUT2D eigenvalue weighted by Crippen LogP contribution is 2.17. The first-order chi connectivity index (χ1) is 6.70. The van der Waals surface area contributed by atoms with Gasteiger partial charge in [0.2, 0.25) is 0 Å². The molecular formula is C11H25NO2S. The molecule has 0 bridgehead atoms. The summed E-state index contributed by atoms with van der Waals surface area (Å²) >= 11 is 0. The molecule has 0 aliphatic carbocycles. The van der Waals surface area contributed by atoms with Crippen LogP contribution in [-0.4, -0.2) is 25.0 Å². The van der Waals surface area contributed by atoms with Crippen LogP contribution >= 0.6 is 0 Å². The van der Waals surface area contributed by atoms with Crippen molar-refractivity contribution in [2.24, 2.45) is 5.73 Å². The van der Waals surface area contributed by atoms with Crippen LogP contribution in [0.2, 0.25) is 0 Å². The minimum Gasteiger partial charge on any atom is -0.328 e. The standard InChI is InChI=1S/C11H25NO2S/c1-5-7-10(12)8-6-9-15(13,14)11(2,3)4/h10H,5-9,12H2,1-4H3. The van der Waals surface area contributed by atoms with Crippen molar-refractivity contribution in [2.75, 3.05) is 5.75 Å². The minimum atomic E-state index is -2.96. The van der Waals surface area contributed by atoms with E-state index in [0.29, 0.717) is 6.42 Å². The highest BCUT2D eigenvalue weighted by Gasteiger charge is 2.28. The summed E-state index contributed by atoms with van der Waals surface area (Å²) < 4.78 is 22.9. The Morgan fingerprint density at radius 2 is 1.73 bits per heavy atom. The number of rotatable bonds is 6. The normalized spacial score (nSPS) is 15.3. The van der Waals surface area contributed by atoms with Crippen LogP contribution < -0.4 is 5.73 Å². The molecule has 2 N–H and O–H groups in total. The summed E-state index contributed by atoms with van der Waals surface area (Å²) in [5, 5.41) is 0. The molecule has 0 aromatic rings. The van der Waals surface area contributed by atoms with Crippen molar-refractivity contribution in [1.29, 1.82) is 0 Å². The third-order valence-corrected chi connectivity index (χ3v) is 5.27. The zero-order chi connectivity index (χ0) is 12.1. The summed E-state index contributed by atoms with van der Waals surface area (Å²) in [6.45, 7) is 7.32. The topological polar surface area (TPSA) is 60.2 Å². The van der Waals surface area contributed by atoms with E-state index in [0.717, 1.165) is 19.3 Å². The largest absolute Gasteiger partial charge is 0.328 e. The molecule has 1 atom stereocenters. The Balaban J connectivity index is 3.97. The van der Waals surface area contributed by atoms with Gasteiger partial charge in [0.1, 0.15) is 0 Å². The number of hydrogen-bond acceptors (Lipinski definition) is 3. The van der Waals surface area contributed by atoms with Gasteiger partial charge in [0, 0.05) is 6.04 Å². The average Bonchev–Trinajstić information content (AvgIpc) is 2.01. The van der Waals surface area contributed by atoms with Crippen LogP contribution in [0.25, 0.3) is 0 Å². The molecule has 0 saturated heterocycles. The average molecular weight is 235 g/mol. The van der Waals surface area contributed by atoms with Crippen molar-refractivity contribution in [3.63, 3.8) is 0 Å². The van der Waals surface area contributed by atoms with Gasteiger partial charge in [-0.05, 0) is 40.0 Å². The molecule has 0 aliphatic rings. The summed E-state index contributed by atoms with van der Waals surface area (Å²) in [7, 11) is -2.96. The van der Waals surface area contributed by atoms with Crippen molar-refractivity contribution in [1.82, 2.24) is 0 Å². The highest BCUT2D eigenvalue weighted by molar-refractivity contribution is 7.92. The summed E-state index contributed by atoms with van der Waals surface area (Å²) in [5.74, 6) is 0.258. The van der Waals surface area contributed by atoms with Crippen molar-refractivity contribution in [3.05, 3.63) is 0 Å². The molecule has 92 valence electrons. The number of nitrogens with two attached hydrogens (primary N) is 1. The third-order valence-electron chi connectivity index (χ3n) is 2.58. The zero-order valence-corrected chi connectivity index (χ0v) is 11.2. The van der Waals surface area contributed by atoms with E-state index in [9.17, 15) is 8.42 Å². The Labute approximate surface area is 94.4 Å². The summed E-state index contributed by atoms with van der Waals surface area (Å²) in [6.07, 6.45) is 3.53. The van der Waals surface area contributed by atoms with Gasteiger partial charge in [-0.1, -0.05) is 13.3 Å². The Bertz CT molecular complexity index is 265. The molecule has 0 aromatic carbocycles. The lowest BCUT2D eigenvalue weighted by molar-refractivity contribution is 0.534. The lowest BCUT2D eigenvalue weighted by Crippen LogP contribution is -2.31. The lowest BCUT2D eigenvalue weighted by atomic mass is 10.1. The van der Waals surface area contributed by atoms with Crippen molar-refractivity contribution in [3.8, 4) is 0 Å². The molecule has 0 radical (unpaired) electrons. The molecule has 0 rings (SSSR count). The lowest BCUT2D eigenvalue weighted by Gasteiger charge is -2.19. The second-order valence-electron chi connectivity index (χ2n) is 5.12. The number of hydrogen-bond donors (Lipinski definition) is 1. The van der Waals surface area contributed by atoms with E-state index < -0.39 is 14.6 Å². The maximum Gasteiger partial charge on any atom is 0.155 e.